The summed E-state index contributed by atoms with van der Waals surface area (Å²) in [7, 11) is 0. The molecule has 0 unspecified atom stereocenters. The lowest BCUT2D eigenvalue weighted by atomic mass is 9.92. The minimum Gasteiger partial charge on any atom is -0.370 e. The molecular formula is C21H28ClN5O. The SMILES string of the molecule is CCNc1cc(N2CCC(CCC(=O)NCc3ccc(Cl)cc3)CC2)ncn1. The van der Waals surface area contributed by atoms with Crippen LogP contribution >= 0.6 is 11.6 Å². The van der Waals surface area contributed by atoms with Gasteiger partial charge in [-0.05, 0) is 49.8 Å². The van der Waals surface area contributed by atoms with Crippen LogP contribution in [-0.2, 0) is 11.3 Å². The Hall–Kier alpha value is -2.34. The fourth-order valence-electron chi connectivity index (χ4n) is 3.48. The summed E-state index contributed by atoms with van der Waals surface area (Å²) in [6, 6.07) is 9.57. The van der Waals surface area contributed by atoms with Crippen LogP contribution in [0.4, 0.5) is 11.6 Å². The standard InChI is InChI=1S/C21H28ClN5O/c1-2-23-19-13-20(26-15-25-19)27-11-9-16(10-12-27)5-8-21(28)24-14-17-3-6-18(22)7-4-17/h3-4,6-7,13,15-16H,2,5,8-12,14H2,1H3,(H,24,28)(H,23,25,26). The molecule has 150 valence electrons. The Morgan fingerprint density at radius 1 is 1.21 bits per heavy atom. The van der Waals surface area contributed by atoms with Crippen LogP contribution < -0.4 is 15.5 Å². The van der Waals surface area contributed by atoms with Crippen LogP contribution in [0.15, 0.2) is 36.7 Å². The number of piperidine rings is 1. The highest BCUT2D eigenvalue weighted by atomic mass is 35.5. The third-order valence-electron chi connectivity index (χ3n) is 5.13. The van der Waals surface area contributed by atoms with Gasteiger partial charge in [-0.15, -0.1) is 0 Å². The fourth-order valence-corrected chi connectivity index (χ4v) is 3.60. The van der Waals surface area contributed by atoms with Crippen LogP contribution in [0.3, 0.4) is 0 Å². The van der Waals surface area contributed by atoms with Gasteiger partial charge in [0.2, 0.25) is 5.91 Å². The predicted molar refractivity (Wildman–Crippen MR) is 114 cm³/mol. The van der Waals surface area contributed by atoms with Crippen LogP contribution in [0, 0.1) is 5.92 Å². The topological polar surface area (TPSA) is 70.2 Å². The Morgan fingerprint density at radius 2 is 1.96 bits per heavy atom. The highest BCUT2D eigenvalue weighted by Gasteiger charge is 2.21. The highest BCUT2D eigenvalue weighted by molar-refractivity contribution is 6.30. The zero-order valence-electron chi connectivity index (χ0n) is 16.3. The van der Waals surface area contributed by atoms with Gasteiger partial charge in [0.15, 0.2) is 0 Å². The lowest BCUT2D eigenvalue weighted by molar-refractivity contribution is -0.121. The molecular weight excluding hydrogens is 374 g/mol. The van der Waals surface area contributed by atoms with Crippen molar-refractivity contribution >= 4 is 29.1 Å². The summed E-state index contributed by atoms with van der Waals surface area (Å²) in [5, 5.41) is 6.93. The van der Waals surface area contributed by atoms with Crippen molar-refractivity contribution in [3.8, 4) is 0 Å². The first-order valence-corrected chi connectivity index (χ1v) is 10.3. The fraction of sp³-hybridized carbons (Fsp3) is 0.476. The molecule has 1 fully saturated rings. The van der Waals surface area contributed by atoms with Crippen molar-refractivity contribution in [3.63, 3.8) is 0 Å². The van der Waals surface area contributed by atoms with Crippen molar-refractivity contribution in [2.75, 3.05) is 29.9 Å². The van der Waals surface area contributed by atoms with Crippen molar-refractivity contribution in [2.24, 2.45) is 5.92 Å². The normalized spacial score (nSPS) is 14.7. The van der Waals surface area contributed by atoms with Crippen molar-refractivity contribution in [1.29, 1.82) is 0 Å². The second kappa shape index (κ2) is 10.3. The van der Waals surface area contributed by atoms with Crippen molar-refractivity contribution in [2.45, 2.75) is 39.2 Å². The maximum absolute atomic E-state index is 12.1. The van der Waals surface area contributed by atoms with Gasteiger partial charge in [-0.2, -0.15) is 0 Å². The number of carbonyl (C=O) groups is 1. The van der Waals surface area contributed by atoms with Gasteiger partial charge in [0, 0.05) is 43.7 Å². The van der Waals surface area contributed by atoms with Crippen molar-refractivity contribution < 1.29 is 4.79 Å². The summed E-state index contributed by atoms with van der Waals surface area (Å²) in [6.07, 6.45) is 5.31. The van der Waals surface area contributed by atoms with E-state index in [1.807, 2.05) is 30.3 Å². The van der Waals surface area contributed by atoms with E-state index in [1.54, 1.807) is 6.33 Å². The predicted octanol–water partition coefficient (Wildman–Crippen LogP) is 3.87. The molecule has 0 spiro atoms. The lowest BCUT2D eigenvalue weighted by Crippen LogP contribution is -2.34. The lowest BCUT2D eigenvalue weighted by Gasteiger charge is -2.32. The number of hydrogen-bond acceptors (Lipinski definition) is 5. The molecule has 0 atom stereocenters. The monoisotopic (exact) mass is 401 g/mol. The quantitative estimate of drug-likeness (QED) is 0.702. The van der Waals surface area contributed by atoms with E-state index in [-0.39, 0.29) is 5.91 Å². The van der Waals surface area contributed by atoms with E-state index in [1.165, 1.54) is 0 Å². The first kappa shape index (κ1) is 20.4. The first-order chi connectivity index (χ1) is 13.6. The molecule has 2 N–H and O–H groups in total. The summed E-state index contributed by atoms with van der Waals surface area (Å²) < 4.78 is 0. The molecule has 2 heterocycles. The molecule has 1 aliphatic heterocycles. The molecule has 0 radical (unpaired) electrons. The smallest absolute Gasteiger partial charge is 0.220 e. The summed E-state index contributed by atoms with van der Waals surface area (Å²) in [5.74, 6) is 2.55. The van der Waals surface area contributed by atoms with Crippen LogP contribution in [0.25, 0.3) is 0 Å². The van der Waals surface area contributed by atoms with Gasteiger partial charge >= 0.3 is 0 Å². The molecule has 1 amide bonds. The molecule has 7 heteroatoms. The Morgan fingerprint density at radius 3 is 2.68 bits per heavy atom. The third-order valence-corrected chi connectivity index (χ3v) is 5.38. The molecule has 1 aromatic carbocycles. The van der Waals surface area contributed by atoms with Gasteiger partial charge in [0.25, 0.3) is 0 Å². The van der Waals surface area contributed by atoms with Gasteiger partial charge in [0.1, 0.15) is 18.0 Å². The number of carbonyl (C=O) groups excluding carboxylic acids is 1. The van der Waals surface area contributed by atoms with Crippen LogP contribution in [-0.4, -0.2) is 35.5 Å². The summed E-state index contributed by atoms with van der Waals surface area (Å²) in [4.78, 5) is 23.1. The van der Waals surface area contributed by atoms with E-state index in [0.717, 1.165) is 56.1 Å². The number of hydrogen-bond donors (Lipinski definition) is 2. The van der Waals surface area contributed by atoms with E-state index in [9.17, 15) is 4.79 Å². The number of benzene rings is 1. The second-order valence-electron chi connectivity index (χ2n) is 7.16. The maximum atomic E-state index is 12.1. The average molecular weight is 402 g/mol. The first-order valence-electron chi connectivity index (χ1n) is 9.96. The number of nitrogens with zero attached hydrogens (tertiary/aromatic N) is 3. The molecule has 2 aromatic rings. The number of nitrogens with one attached hydrogen (secondary N) is 2. The number of anilines is 2. The molecule has 28 heavy (non-hydrogen) atoms. The Balaban J connectivity index is 1.37. The van der Waals surface area contributed by atoms with Crippen LogP contribution in [0.2, 0.25) is 5.02 Å². The van der Waals surface area contributed by atoms with E-state index in [4.69, 9.17) is 11.6 Å². The van der Waals surface area contributed by atoms with E-state index >= 15 is 0 Å². The summed E-state index contributed by atoms with van der Waals surface area (Å²) in [6.45, 7) is 5.40. The van der Waals surface area contributed by atoms with Crippen LogP contribution in [0.5, 0.6) is 0 Å². The summed E-state index contributed by atoms with van der Waals surface area (Å²) >= 11 is 5.88. The van der Waals surface area contributed by atoms with E-state index in [2.05, 4.69) is 32.4 Å². The van der Waals surface area contributed by atoms with Crippen LogP contribution in [0.1, 0.15) is 38.2 Å². The molecule has 0 aliphatic carbocycles. The summed E-state index contributed by atoms with van der Waals surface area (Å²) in [5.41, 5.74) is 1.06. The largest absolute Gasteiger partial charge is 0.370 e. The van der Waals surface area contributed by atoms with Gasteiger partial charge in [-0.25, -0.2) is 9.97 Å². The maximum Gasteiger partial charge on any atom is 0.220 e. The van der Waals surface area contributed by atoms with Gasteiger partial charge in [-0.3, -0.25) is 4.79 Å². The molecule has 1 saturated heterocycles. The van der Waals surface area contributed by atoms with E-state index in [0.29, 0.717) is 23.9 Å². The minimum atomic E-state index is 0.114. The molecule has 6 nitrogen and oxygen atoms in total. The number of halogens is 1. The zero-order chi connectivity index (χ0) is 19.8. The average Bonchev–Trinajstić information content (AvgIpc) is 2.73. The number of aromatic nitrogens is 2. The third kappa shape index (κ3) is 6.09. The second-order valence-corrected chi connectivity index (χ2v) is 7.60. The Kier molecular flexibility index (Phi) is 7.48. The van der Waals surface area contributed by atoms with Gasteiger partial charge < -0.3 is 15.5 Å². The zero-order valence-corrected chi connectivity index (χ0v) is 17.1. The van der Waals surface area contributed by atoms with Gasteiger partial charge in [0.05, 0.1) is 0 Å². The molecule has 0 saturated carbocycles. The van der Waals surface area contributed by atoms with Crippen molar-refractivity contribution in [3.05, 3.63) is 47.2 Å². The number of rotatable bonds is 8. The van der Waals surface area contributed by atoms with E-state index < -0.39 is 0 Å². The molecule has 3 rings (SSSR count). The number of amides is 1. The van der Waals surface area contributed by atoms with Gasteiger partial charge in [-0.1, -0.05) is 23.7 Å². The molecule has 1 aromatic heterocycles. The minimum absolute atomic E-state index is 0.114. The Labute approximate surface area is 171 Å². The Bertz CT molecular complexity index is 760. The molecule has 0 bridgehead atoms. The highest BCUT2D eigenvalue weighted by Crippen LogP contribution is 2.25. The van der Waals surface area contributed by atoms with Crippen molar-refractivity contribution in [1.82, 2.24) is 15.3 Å². The molecule has 1 aliphatic rings.